The molecule has 0 amide bonds. The van der Waals surface area contributed by atoms with E-state index in [1.807, 2.05) is 0 Å². The summed E-state index contributed by atoms with van der Waals surface area (Å²) in [5, 5.41) is 9.15. The van der Waals surface area contributed by atoms with Crippen LogP contribution in [0.25, 0.3) is 6.08 Å². The smallest absolute Gasteiger partial charge is 0.216 e. The van der Waals surface area contributed by atoms with Gasteiger partial charge >= 0.3 is 0 Å². The van der Waals surface area contributed by atoms with E-state index in [4.69, 9.17) is 5.26 Å². The van der Waals surface area contributed by atoms with Crippen LogP contribution in [0.1, 0.15) is 5.56 Å². The van der Waals surface area contributed by atoms with Crippen LogP contribution in [0.4, 0.5) is 0 Å². The summed E-state index contributed by atoms with van der Waals surface area (Å²) in [5.74, 6) is 0. The van der Waals surface area contributed by atoms with Gasteiger partial charge in [0, 0.05) is 0 Å². The Balaban J connectivity index is 2.65. The number of benzene rings is 2. The minimum Gasteiger partial charge on any atom is -0.744 e. The number of nitriles is 1. The summed E-state index contributed by atoms with van der Waals surface area (Å²) >= 11 is 0. The first kappa shape index (κ1) is 16.9. The Morgan fingerprint density at radius 3 is 2.09 bits per heavy atom. The third-order valence-corrected chi connectivity index (χ3v) is 5.52. The lowest BCUT2D eigenvalue weighted by atomic mass is 10.2. The molecule has 2 aromatic carbocycles. The zero-order chi connectivity index (χ0) is 17.1. The number of hydrogen-bond acceptors (Lipinski definition) is 6. The molecule has 0 aromatic heterocycles. The molecular weight excluding hydrogens is 338 g/mol. The Morgan fingerprint density at radius 2 is 1.52 bits per heavy atom. The minimum atomic E-state index is -4.80. The van der Waals surface area contributed by atoms with Crippen LogP contribution < -0.4 is 0 Å². The average Bonchev–Trinajstić information content (AvgIpc) is 2.52. The molecule has 118 valence electrons. The van der Waals surface area contributed by atoms with Gasteiger partial charge in [-0.1, -0.05) is 36.4 Å². The summed E-state index contributed by atoms with van der Waals surface area (Å²) in [7, 11) is -8.90. The van der Waals surface area contributed by atoms with Gasteiger partial charge in [-0.3, -0.25) is 0 Å². The molecule has 0 unspecified atom stereocenters. The van der Waals surface area contributed by atoms with Crippen molar-refractivity contribution in [3.63, 3.8) is 0 Å². The first-order valence-corrected chi connectivity index (χ1v) is 9.13. The van der Waals surface area contributed by atoms with E-state index in [2.05, 4.69) is 0 Å². The molecular formula is C15H10NO5S2-. The first-order chi connectivity index (χ1) is 10.8. The SMILES string of the molecule is N#CC(=Cc1ccccc1S(=O)(=O)[O-])S(=O)(=O)c1ccccc1. The molecule has 2 rings (SSSR count). The molecule has 0 saturated heterocycles. The molecule has 0 saturated carbocycles. The normalized spacial score (nSPS) is 12.6. The Hall–Kier alpha value is -2.47. The van der Waals surface area contributed by atoms with Crippen molar-refractivity contribution in [2.75, 3.05) is 0 Å². The van der Waals surface area contributed by atoms with Crippen molar-refractivity contribution < 1.29 is 21.4 Å². The summed E-state index contributed by atoms with van der Waals surface area (Å²) in [6.07, 6.45) is 0.882. The second-order valence-corrected chi connectivity index (χ2v) is 7.70. The molecule has 0 aliphatic heterocycles. The van der Waals surface area contributed by atoms with E-state index in [1.165, 1.54) is 42.5 Å². The van der Waals surface area contributed by atoms with Crippen molar-refractivity contribution in [1.29, 1.82) is 5.26 Å². The third-order valence-electron chi connectivity index (χ3n) is 2.93. The fraction of sp³-hybridized carbons (Fsp3) is 0. The lowest BCUT2D eigenvalue weighted by molar-refractivity contribution is 0.463. The third kappa shape index (κ3) is 3.65. The standard InChI is InChI=1S/C15H11NO5S2/c16-11-14(22(17,18)13-7-2-1-3-8-13)10-12-6-4-5-9-15(12)23(19,20)21/h1-10H,(H,19,20,21)/p-1. The maximum atomic E-state index is 12.4. The Morgan fingerprint density at radius 1 is 0.957 bits per heavy atom. The monoisotopic (exact) mass is 348 g/mol. The van der Waals surface area contributed by atoms with Crippen LogP contribution >= 0.6 is 0 Å². The summed E-state index contributed by atoms with van der Waals surface area (Å²) in [4.78, 5) is -1.34. The van der Waals surface area contributed by atoms with Gasteiger partial charge in [-0.05, 0) is 29.8 Å². The molecule has 8 heteroatoms. The van der Waals surface area contributed by atoms with Gasteiger partial charge in [0.05, 0.1) is 9.79 Å². The van der Waals surface area contributed by atoms with E-state index in [9.17, 15) is 21.4 Å². The largest absolute Gasteiger partial charge is 0.744 e. The Labute approximate surface area is 134 Å². The van der Waals surface area contributed by atoms with E-state index in [0.29, 0.717) is 0 Å². The van der Waals surface area contributed by atoms with Crippen molar-refractivity contribution >= 4 is 26.0 Å². The number of sulfone groups is 1. The van der Waals surface area contributed by atoms with Gasteiger partial charge in [0.1, 0.15) is 21.1 Å². The van der Waals surface area contributed by atoms with Crippen LogP contribution in [0, 0.1) is 11.3 Å². The maximum absolute atomic E-state index is 12.4. The Bertz CT molecular complexity index is 1000. The highest BCUT2D eigenvalue weighted by atomic mass is 32.2. The molecule has 6 nitrogen and oxygen atoms in total. The van der Waals surface area contributed by atoms with Gasteiger partial charge in [-0.25, -0.2) is 16.8 Å². The summed E-state index contributed by atoms with van der Waals surface area (Å²) in [5.41, 5.74) is -0.154. The van der Waals surface area contributed by atoms with Crippen LogP contribution in [0.2, 0.25) is 0 Å². The Kier molecular flexibility index (Phi) is 4.65. The van der Waals surface area contributed by atoms with Crippen LogP contribution in [-0.2, 0) is 20.0 Å². The van der Waals surface area contributed by atoms with Crippen LogP contribution in [-0.4, -0.2) is 21.4 Å². The van der Waals surface area contributed by atoms with Gasteiger partial charge < -0.3 is 4.55 Å². The molecule has 0 heterocycles. The highest BCUT2D eigenvalue weighted by molar-refractivity contribution is 7.95. The number of allylic oxidation sites excluding steroid dienone is 1. The van der Waals surface area contributed by atoms with Crippen LogP contribution in [0.3, 0.4) is 0 Å². The number of nitrogens with zero attached hydrogens (tertiary/aromatic N) is 1. The zero-order valence-corrected chi connectivity index (χ0v) is 13.2. The highest BCUT2D eigenvalue weighted by Crippen LogP contribution is 2.24. The van der Waals surface area contributed by atoms with Crippen LogP contribution in [0.5, 0.6) is 0 Å². The van der Waals surface area contributed by atoms with Gasteiger partial charge in [0.25, 0.3) is 0 Å². The van der Waals surface area contributed by atoms with Crippen molar-refractivity contribution in [1.82, 2.24) is 0 Å². The molecule has 23 heavy (non-hydrogen) atoms. The fourth-order valence-electron chi connectivity index (χ4n) is 1.87. The van der Waals surface area contributed by atoms with Crippen LogP contribution in [0.15, 0.2) is 69.3 Å². The summed E-state index contributed by atoms with van der Waals surface area (Å²) in [6, 6.07) is 13.9. The molecule has 0 atom stereocenters. The number of rotatable bonds is 4. The lowest BCUT2D eigenvalue weighted by Crippen LogP contribution is -2.05. The first-order valence-electron chi connectivity index (χ1n) is 6.23. The molecule has 0 N–H and O–H groups in total. The number of hydrogen-bond donors (Lipinski definition) is 0. The second-order valence-electron chi connectivity index (χ2n) is 4.43. The summed E-state index contributed by atoms with van der Waals surface area (Å²) < 4.78 is 58.5. The molecule has 0 aliphatic carbocycles. The predicted molar refractivity (Wildman–Crippen MR) is 81.6 cm³/mol. The van der Waals surface area contributed by atoms with Crippen molar-refractivity contribution in [2.24, 2.45) is 0 Å². The molecule has 2 aromatic rings. The van der Waals surface area contributed by atoms with Crippen molar-refractivity contribution in [3.05, 3.63) is 65.1 Å². The average molecular weight is 348 g/mol. The van der Waals surface area contributed by atoms with Crippen molar-refractivity contribution in [3.8, 4) is 6.07 Å². The molecule has 0 aliphatic rings. The molecule has 0 bridgehead atoms. The van der Waals surface area contributed by atoms with E-state index < -0.39 is 29.8 Å². The molecule has 0 fully saturated rings. The molecule has 0 radical (unpaired) electrons. The van der Waals surface area contributed by atoms with E-state index in [-0.39, 0.29) is 10.5 Å². The van der Waals surface area contributed by atoms with E-state index in [0.717, 1.165) is 12.1 Å². The van der Waals surface area contributed by atoms with Crippen molar-refractivity contribution in [2.45, 2.75) is 9.79 Å². The second kappa shape index (κ2) is 6.34. The lowest BCUT2D eigenvalue weighted by Gasteiger charge is -2.10. The topological polar surface area (TPSA) is 115 Å². The van der Waals surface area contributed by atoms with E-state index >= 15 is 0 Å². The van der Waals surface area contributed by atoms with Gasteiger partial charge in [0.15, 0.2) is 0 Å². The highest BCUT2D eigenvalue weighted by Gasteiger charge is 2.21. The minimum absolute atomic E-state index is 0.102. The van der Waals surface area contributed by atoms with Gasteiger partial charge in [-0.2, -0.15) is 5.26 Å². The predicted octanol–water partition coefficient (Wildman–Crippen LogP) is 1.93. The van der Waals surface area contributed by atoms with E-state index in [1.54, 1.807) is 12.1 Å². The quantitative estimate of drug-likeness (QED) is 0.616. The van der Waals surface area contributed by atoms with Gasteiger partial charge in [0.2, 0.25) is 9.84 Å². The molecule has 0 spiro atoms. The fourth-order valence-corrected chi connectivity index (χ4v) is 3.70. The summed E-state index contributed by atoms with van der Waals surface area (Å²) in [6.45, 7) is 0. The zero-order valence-electron chi connectivity index (χ0n) is 11.6. The maximum Gasteiger partial charge on any atom is 0.216 e. The van der Waals surface area contributed by atoms with Gasteiger partial charge in [-0.15, -0.1) is 0 Å².